The van der Waals surface area contributed by atoms with Crippen LogP contribution in [0.25, 0.3) is 28.1 Å². The van der Waals surface area contributed by atoms with Crippen molar-refractivity contribution in [2.24, 2.45) is 0 Å². The van der Waals surface area contributed by atoms with Gasteiger partial charge in [-0.3, -0.25) is 32.0 Å². The molecule has 3 aliphatic heterocycles. The number of H-pyrrole nitrogens is 1. The number of aromatic nitrogens is 9. The molecule has 0 aromatic carbocycles. The number of hydrogen-bond donors (Lipinski definition) is 5. The highest BCUT2D eigenvalue weighted by atomic mass is 31.2. The zero-order valence-corrected chi connectivity index (χ0v) is 24.9. The summed E-state index contributed by atoms with van der Waals surface area (Å²) < 4.78 is 63.4. The quantitative estimate of drug-likeness (QED) is 0.145. The van der Waals surface area contributed by atoms with Crippen LogP contribution in [0.2, 0.25) is 0 Å². The molecule has 3 aliphatic rings. The van der Waals surface area contributed by atoms with Gasteiger partial charge in [0.1, 0.15) is 54.2 Å². The average Bonchev–Trinajstić information content (AvgIpc) is 3.83. The van der Waals surface area contributed by atoms with E-state index >= 15 is 0 Å². The number of hydrogen-bond acceptors (Lipinski definition) is 16. The third kappa shape index (κ3) is 4.95. The number of imidazole rings is 3. The van der Waals surface area contributed by atoms with Crippen molar-refractivity contribution in [2.45, 2.75) is 49.4 Å². The van der Waals surface area contributed by atoms with Gasteiger partial charge in [-0.15, -0.1) is 0 Å². The highest BCUT2D eigenvalue weighted by Gasteiger charge is 2.52. The number of rotatable bonds is 2. The van der Waals surface area contributed by atoms with Crippen LogP contribution in [-0.2, 0) is 36.7 Å². The number of anilines is 1. The summed E-state index contributed by atoms with van der Waals surface area (Å²) in [5, 5.41) is 11.3. The molecular weight excluding hydrogens is 658 g/mol. The molecule has 5 aromatic rings. The molecule has 46 heavy (non-hydrogen) atoms. The Labute approximate surface area is 254 Å². The number of nitrogens with one attached hydrogen (secondary N) is 1. The topological polar surface area (TPSA) is 288 Å². The molecule has 9 atom stereocenters. The molecule has 8 rings (SSSR count). The molecule has 8 heterocycles. The lowest BCUT2D eigenvalue weighted by atomic mass is 10.1. The molecule has 22 nitrogen and oxygen atoms in total. The molecule has 0 aliphatic carbocycles. The molecule has 0 radical (unpaired) electrons. The number of aliphatic hydroxyl groups is 1. The molecular formula is C22H24N10O12P2. The molecule has 244 valence electrons. The Bertz CT molecular complexity index is 2130. The van der Waals surface area contributed by atoms with Crippen molar-refractivity contribution in [3.63, 3.8) is 0 Å². The lowest BCUT2D eigenvalue weighted by Crippen LogP contribution is -2.37. The first-order valence-corrected chi connectivity index (χ1v) is 16.6. The molecule has 6 N–H and O–H groups in total. The summed E-state index contributed by atoms with van der Waals surface area (Å²) in [6.07, 6.45) is -2.70. The molecule has 2 unspecified atom stereocenters. The van der Waals surface area contributed by atoms with E-state index in [4.69, 9.17) is 33.3 Å². The van der Waals surface area contributed by atoms with E-state index in [0.29, 0.717) is 11.2 Å². The van der Waals surface area contributed by atoms with Crippen molar-refractivity contribution in [1.82, 2.24) is 43.4 Å². The smallest absolute Gasteiger partial charge is 0.386 e. The van der Waals surface area contributed by atoms with Crippen molar-refractivity contribution in [1.29, 1.82) is 0 Å². The van der Waals surface area contributed by atoms with E-state index in [1.165, 1.54) is 44.9 Å². The van der Waals surface area contributed by atoms with Crippen molar-refractivity contribution in [3.8, 4) is 0 Å². The molecule has 24 heteroatoms. The number of phosphoric ester groups is 2. The minimum atomic E-state index is -4.95. The average molecular weight is 682 g/mol. The van der Waals surface area contributed by atoms with Gasteiger partial charge in [-0.1, -0.05) is 0 Å². The zero-order chi connectivity index (χ0) is 32.0. The van der Waals surface area contributed by atoms with Gasteiger partial charge in [0.05, 0.1) is 25.9 Å². The summed E-state index contributed by atoms with van der Waals surface area (Å²) in [4.78, 5) is 57.5. The van der Waals surface area contributed by atoms with Gasteiger partial charge >= 0.3 is 15.6 Å². The Morgan fingerprint density at radius 1 is 0.913 bits per heavy atom. The predicted octanol–water partition coefficient (Wildman–Crippen LogP) is -0.642. The van der Waals surface area contributed by atoms with Gasteiger partial charge in [-0.05, 0) is 0 Å². The summed E-state index contributed by atoms with van der Waals surface area (Å²) >= 11 is 0. The first-order chi connectivity index (χ1) is 22.0. The highest BCUT2D eigenvalue weighted by molar-refractivity contribution is 7.47. The fourth-order valence-electron chi connectivity index (χ4n) is 5.76. The number of fused-ring (bicyclic) bond motifs is 5. The van der Waals surface area contributed by atoms with Crippen molar-refractivity contribution < 1.29 is 51.6 Å². The largest absolute Gasteiger partial charge is 0.472 e. The number of nitrogen functional groups attached to an aromatic ring is 1. The van der Waals surface area contributed by atoms with Gasteiger partial charge in [0, 0.05) is 18.8 Å². The third-order valence-corrected chi connectivity index (χ3v) is 9.87. The van der Waals surface area contributed by atoms with E-state index < -0.39 is 77.4 Å². The van der Waals surface area contributed by atoms with Crippen LogP contribution in [0.1, 0.15) is 18.9 Å². The number of nitrogens with zero attached hydrogens (tertiary/aromatic N) is 8. The third-order valence-electron chi connectivity index (χ3n) is 7.87. The lowest BCUT2D eigenvalue weighted by Gasteiger charge is -2.27. The van der Waals surface area contributed by atoms with Gasteiger partial charge in [-0.2, -0.15) is 0 Å². The number of aliphatic hydroxyl groups excluding tert-OH is 1. The Morgan fingerprint density at radius 3 is 2.48 bits per heavy atom. The van der Waals surface area contributed by atoms with Crippen LogP contribution >= 0.6 is 15.6 Å². The summed E-state index contributed by atoms with van der Waals surface area (Å²) in [7, 11) is -9.80. The SMILES string of the molecule is Nc1ncnc2c1ncn2[C@H]1C[C@@H]2OP(=O)(O)OC[C@H]3O[C@@H](n4cnc5c(=O)n6ccnc6[nH]c54)[C@H](O)[C@@H]3OP(=O)(O)OC[C@H]2O1. The van der Waals surface area contributed by atoms with Crippen LogP contribution in [0, 0.1) is 0 Å². The number of ether oxygens (including phenoxy) is 2. The minimum absolute atomic E-state index is 0.0155. The summed E-state index contributed by atoms with van der Waals surface area (Å²) in [6.45, 7) is -1.37. The maximum Gasteiger partial charge on any atom is 0.472 e. The maximum absolute atomic E-state index is 13.1. The summed E-state index contributed by atoms with van der Waals surface area (Å²) in [6, 6.07) is 0. The molecule has 0 spiro atoms. The fraction of sp³-hybridized carbons (Fsp3) is 0.455. The van der Waals surface area contributed by atoms with Gasteiger partial charge in [-0.25, -0.2) is 38.5 Å². The normalized spacial score (nSPS) is 35.7. The minimum Gasteiger partial charge on any atom is -0.386 e. The first kappa shape index (κ1) is 29.7. The number of phosphoric acid groups is 2. The van der Waals surface area contributed by atoms with E-state index in [0.717, 1.165) is 0 Å². The van der Waals surface area contributed by atoms with Crippen molar-refractivity contribution in [2.75, 3.05) is 18.9 Å². The van der Waals surface area contributed by atoms with Gasteiger partial charge in [0.25, 0.3) is 5.56 Å². The molecule has 3 saturated heterocycles. The van der Waals surface area contributed by atoms with Crippen LogP contribution in [0.5, 0.6) is 0 Å². The van der Waals surface area contributed by atoms with E-state index in [1.54, 1.807) is 0 Å². The van der Waals surface area contributed by atoms with Gasteiger partial charge in [0.2, 0.25) is 5.78 Å². The summed E-state index contributed by atoms with van der Waals surface area (Å²) in [5.74, 6) is 0.305. The van der Waals surface area contributed by atoms with Crippen LogP contribution < -0.4 is 11.3 Å². The monoisotopic (exact) mass is 682 g/mol. The van der Waals surface area contributed by atoms with Crippen LogP contribution in [0.4, 0.5) is 5.82 Å². The predicted molar refractivity (Wildman–Crippen MR) is 149 cm³/mol. The zero-order valence-electron chi connectivity index (χ0n) is 23.1. The molecule has 5 aromatic heterocycles. The Morgan fingerprint density at radius 2 is 1.65 bits per heavy atom. The lowest BCUT2D eigenvalue weighted by molar-refractivity contribution is -0.0662. The second kappa shape index (κ2) is 10.7. The maximum atomic E-state index is 13.1. The van der Waals surface area contributed by atoms with E-state index in [9.17, 15) is 28.8 Å². The van der Waals surface area contributed by atoms with Crippen molar-refractivity contribution in [3.05, 3.63) is 41.7 Å². The standard InChI is InChI=1S/C22H24N10O12P2/c23-17-13-18(26-6-25-17)31(7-27-13)12-3-9-10(41-12)4-39-46(37,38)44-16-11(5-40-45(35,36)43-9)42-21(15(16)33)32-8-28-14-19(32)29-22-24-1-2-30(22)20(14)34/h1-2,6-12,15-16,21,33H,3-5H2,(H,24,29)(H,35,36)(H,37,38)(H2,23,25,26)/t9-,10+,11+,12+,15+,16+,21+/m0/s1. The van der Waals surface area contributed by atoms with Crippen LogP contribution in [0.3, 0.4) is 0 Å². The Hall–Kier alpha value is -3.66. The second-order valence-corrected chi connectivity index (χ2v) is 13.5. The van der Waals surface area contributed by atoms with Gasteiger partial charge in [0.15, 0.2) is 23.2 Å². The molecule has 0 saturated carbocycles. The van der Waals surface area contributed by atoms with E-state index in [-0.39, 0.29) is 29.2 Å². The Balaban J connectivity index is 1.07. The first-order valence-electron chi connectivity index (χ1n) is 13.6. The molecule has 0 amide bonds. The van der Waals surface area contributed by atoms with Crippen LogP contribution in [-0.4, -0.2) is 102 Å². The molecule has 3 fully saturated rings. The highest BCUT2D eigenvalue weighted by Crippen LogP contribution is 2.53. The van der Waals surface area contributed by atoms with E-state index in [1.807, 2.05) is 0 Å². The molecule has 0 bridgehead atoms. The Kier molecular flexibility index (Phi) is 6.91. The van der Waals surface area contributed by atoms with Crippen molar-refractivity contribution >= 4 is 49.6 Å². The second-order valence-electron chi connectivity index (χ2n) is 10.6. The number of nitrogens with two attached hydrogens (primary N) is 1. The van der Waals surface area contributed by atoms with Gasteiger partial charge < -0.3 is 35.1 Å². The summed E-state index contributed by atoms with van der Waals surface area (Å²) in [5.41, 5.74) is 6.08. The number of aromatic amines is 1. The fourth-order valence-corrected chi connectivity index (χ4v) is 7.69. The van der Waals surface area contributed by atoms with E-state index in [2.05, 4.69) is 29.9 Å². The van der Waals surface area contributed by atoms with Crippen LogP contribution in [0.15, 0.2) is 36.2 Å².